The van der Waals surface area contributed by atoms with Gasteiger partial charge in [0.05, 0.1) is 18.6 Å². The van der Waals surface area contributed by atoms with E-state index in [4.69, 9.17) is 15.9 Å². The molecule has 0 aromatic rings. The topological polar surface area (TPSA) is 59.3 Å². The molecule has 1 saturated heterocycles. The second-order valence-electron chi connectivity index (χ2n) is 5.02. The molecule has 1 atom stereocenters. The number of rotatable bonds is 8. The molecular formula is C15H21NO3. The molecule has 0 saturated carbocycles. The van der Waals surface area contributed by atoms with Crippen molar-refractivity contribution in [2.24, 2.45) is 5.41 Å². The van der Waals surface area contributed by atoms with Crippen LogP contribution >= 0.6 is 0 Å². The van der Waals surface area contributed by atoms with Gasteiger partial charge >= 0.3 is 5.97 Å². The number of nitrogens with zero attached hydrogens (tertiary/aromatic N) is 1. The molecule has 0 radical (unpaired) electrons. The van der Waals surface area contributed by atoms with Crippen molar-refractivity contribution in [1.82, 2.24) is 0 Å². The highest BCUT2D eigenvalue weighted by Crippen LogP contribution is 2.38. The Morgan fingerprint density at radius 3 is 2.74 bits per heavy atom. The van der Waals surface area contributed by atoms with Crippen LogP contribution in [0.1, 0.15) is 45.4 Å². The van der Waals surface area contributed by atoms with Crippen molar-refractivity contribution in [2.45, 2.75) is 51.6 Å². The van der Waals surface area contributed by atoms with Gasteiger partial charge in [0.1, 0.15) is 6.07 Å². The monoisotopic (exact) mass is 263 g/mol. The Labute approximate surface area is 115 Å². The summed E-state index contributed by atoms with van der Waals surface area (Å²) >= 11 is 0. The molecule has 4 nitrogen and oxygen atoms in total. The van der Waals surface area contributed by atoms with E-state index in [1.165, 1.54) is 0 Å². The number of nitriles is 1. The van der Waals surface area contributed by atoms with E-state index in [1.807, 2.05) is 0 Å². The molecule has 0 aromatic heterocycles. The molecule has 1 aliphatic rings. The Hall–Kier alpha value is -1.52. The van der Waals surface area contributed by atoms with E-state index in [9.17, 15) is 10.1 Å². The van der Waals surface area contributed by atoms with E-state index < -0.39 is 6.10 Å². The summed E-state index contributed by atoms with van der Waals surface area (Å²) in [7, 11) is 0. The summed E-state index contributed by atoms with van der Waals surface area (Å²) in [4.78, 5) is 11.7. The molecule has 1 heterocycles. The van der Waals surface area contributed by atoms with Gasteiger partial charge in [-0.25, -0.2) is 0 Å². The minimum Gasteiger partial charge on any atom is -0.446 e. The summed E-state index contributed by atoms with van der Waals surface area (Å²) in [5.74, 6) is 2.22. The molecule has 4 heteroatoms. The predicted octanol–water partition coefficient (Wildman–Crippen LogP) is 2.43. The van der Waals surface area contributed by atoms with Gasteiger partial charge in [0, 0.05) is 12.8 Å². The fourth-order valence-electron chi connectivity index (χ4n) is 2.26. The lowest BCUT2D eigenvalue weighted by molar-refractivity contribution is -0.186. The third-order valence-corrected chi connectivity index (χ3v) is 3.40. The van der Waals surface area contributed by atoms with Crippen LogP contribution < -0.4 is 0 Å². The summed E-state index contributed by atoms with van der Waals surface area (Å²) in [5, 5.41) is 9.20. The van der Waals surface area contributed by atoms with Gasteiger partial charge in [0.15, 0.2) is 6.10 Å². The Balaban J connectivity index is 2.42. The number of terminal acetylenes is 1. The number of esters is 1. The van der Waals surface area contributed by atoms with Crippen LogP contribution in [-0.2, 0) is 14.3 Å². The first-order valence-electron chi connectivity index (χ1n) is 6.79. The molecule has 104 valence electrons. The van der Waals surface area contributed by atoms with E-state index >= 15 is 0 Å². The average Bonchev–Trinajstić information content (AvgIpc) is 2.36. The zero-order chi connectivity index (χ0) is 14.1. The quantitative estimate of drug-likeness (QED) is 0.383. The van der Waals surface area contributed by atoms with E-state index in [0.717, 1.165) is 19.3 Å². The van der Waals surface area contributed by atoms with Crippen LogP contribution in [0.15, 0.2) is 0 Å². The lowest BCUT2D eigenvalue weighted by Crippen LogP contribution is -2.52. The van der Waals surface area contributed by atoms with E-state index in [1.54, 1.807) is 0 Å². The highest BCUT2D eigenvalue weighted by atomic mass is 16.6. The van der Waals surface area contributed by atoms with Crippen molar-refractivity contribution >= 4 is 5.97 Å². The highest BCUT2D eigenvalue weighted by Gasteiger charge is 2.47. The van der Waals surface area contributed by atoms with E-state index in [2.05, 4.69) is 18.9 Å². The Morgan fingerprint density at radius 1 is 1.53 bits per heavy atom. The third kappa shape index (κ3) is 4.26. The van der Waals surface area contributed by atoms with Crippen molar-refractivity contribution in [3.8, 4) is 18.4 Å². The van der Waals surface area contributed by atoms with Gasteiger partial charge in [-0.3, -0.25) is 4.79 Å². The molecule has 0 aliphatic carbocycles. The Kier molecular flexibility index (Phi) is 6.39. The van der Waals surface area contributed by atoms with Crippen LogP contribution in [0.5, 0.6) is 0 Å². The van der Waals surface area contributed by atoms with Gasteiger partial charge < -0.3 is 9.47 Å². The SMILES string of the molecule is C#CCCCCC(=O)OC(C#N)C1(CCC)COC1. The number of hydrogen-bond donors (Lipinski definition) is 0. The van der Waals surface area contributed by atoms with Crippen molar-refractivity contribution in [3.63, 3.8) is 0 Å². The standard InChI is InChI=1S/C15H21NO3/c1-3-5-6-7-8-14(17)19-13(10-16)15(9-4-2)11-18-12-15/h1,13H,4-9,11-12H2,2H3. The summed E-state index contributed by atoms with van der Waals surface area (Å²) in [6.07, 6.45) is 8.75. The third-order valence-electron chi connectivity index (χ3n) is 3.40. The lowest BCUT2D eigenvalue weighted by Gasteiger charge is -2.43. The Morgan fingerprint density at radius 2 is 2.26 bits per heavy atom. The van der Waals surface area contributed by atoms with Crippen LogP contribution in [0.4, 0.5) is 0 Å². The first kappa shape index (κ1) is 15.5. The molecule has 1 rings (SSSR count). The average molecular weight is 263 g/mol. The molecular weight excluding hydrogens is 242 g/mol. The van der Waals surface area contributed by atoms with Crippen molar-refractivity contribution in [3.05, 3.63) is 0 Å². The van der Waals surface area contributed by atoms with Crippen molar-refractivity contribution in [2.75, 3.05) is 13.2 Å². The lowest BCUT2D eigenvalue weighted by atomic mass is 9.76. The maximum absolute atomic E-state index is 11.7. The van der Waals surface area contributed by atoms with Crippen LogP contribution in [0.2, 0.25) is 0 Å². The Bertz CT molecular complexity index is 374. The zero-order valence-corrected chi connectivity index (χ0v) is 11.5. The fourth-order valence-corrected chi connectivity index (χ4v) is 2.26. The number of ether oxygens (including phenoxy) is 2. The zero-order valence-electron chi connectivity index (χ0n) is 11.5. The summed E-state index contributed by atoms with van der Waals surface area (Å²) in [6, 6.07) is 2.11. The molecule has 19 heavy (non-hydrogen) atoms. The fraction of sp³-hybridized carbons (Fsp3) is 0.733. The number of carbonyl (C=O) groups excluding carboxylic acids is 1. The van der Waals surface area contributed by atoms with Gasteiger partial charge in [0.2, 0.25) is 0 Å². The molecule has 0 bridgehead atoms. The van der Waals surface area contributed by atoms with Gasteiger partial charge in [-0.2, -0.15) is 5.26 Å². The van der Waals surface area contributed by atoms with E-state index in [0.29, 0.717) is 32.5 Å². The van der Waals surface area contributed by atoms with Crippen LogP contribution in [0.3, 0.4) is 0 Å². The highest BCUT2D eigenvalue weighted by molar-refractivity contribution is 5.69. The van der Waals surface area contributed by atoms with Gasteiger partial charge in [-0.05, 0) is 19.3 Å². The van der Waals surface area contributed by atoms with Crippen LogP contribution in [0.25, 0.3) is 0 Å². The number of carbonyl (C=O) groups is 1. The normalized spacial score (nSPS) is 17.6. The molecule has 1 aliphatic heterocycles. The van der Waals surface area contributed by atoms with Crippen LogP contribution in [0, 0.1) is 29.1 Å². The van der Waals surface area contributed by atoms with Crippen molar-refractivity contribution in [1.29, 1.82) is 5.26 Å². The van der Waals surface area contributed by atoms with Gasteiger partial charge in [-0.1, -0.05) is 13.3 Å². The minimum atomic E-state index is -0.693. The second-order valence-corrected chi connectivity index (χ2v) is 5.02. The maximum atomic E-state index is 11.7. The van der Waals surface area contributed by atoms with E-state index in [-0.39, 0.29) is 11.4 Å². The largest absolute Gasteiger partial charge is 0.446 e. The van der Waals surface area contributed by atoms with Crippen molar-refractivity contribution < 1.29 is 14.3 Å². The second kappa shape index (κ2) is 7.81. The molecule has 0 spiro atoms. The molecule has 0 amide bonds. The molecule has 0 N–H and O–H groups in total. The van der Waals surface area contributed by atoms with Gasteiger partial charge in [-0.15, -0.1) is 12.3 Å². The number of unbranched alkanes of at least 4 members (excludes halogenated alkanes) is 2. The minimum absolute atomic E-state index is 0.294. The summed E-state index contributed by atoms with van der Waals surface area (Å²) < 4.78 is 10.5. The first-order chi connectivity index (χ1) is 9.18. The maximum Gasteiger partial charge on any atom is 0.307 e. The predicted molar refractivity (Wildman–Crippen MR) is 71.0 cm³/mol. The number of hydrogen-bond acceptors (Lipinski definition) is 4. The molecule has 1 unspecified atom stereocenters. The van der Waals surface area contributed by atoms with Gasteiger partial charge in [0.25, 0.3) is 0 Å². The first-order valence-corrected chi connectivity index (χ1v) is 6.79. The smallest absolute Gasteiger partial charge is 0.307 e. The summed E-state index contributed by atoms with van der Waals surface area (Å²) in [6.45, 7) is 3.06. The summed E-state index contributed by atoms with van der Waals surface area (Å²) in [5.41, 5.74) is -0.294. The molecule has 1 fully saturated rings. The molecule has 0 aromatic carbocycles. The van der Waals surface area contributed by atoms with Crippen LogP contribution in [-0.4, -0.2) is 25.3 Å².